The molecule has 0 aliphatic carbocycles. The summed E-state index contributed by atoms with van der Waals surface area (Å²) >= 11 is 17.7. The predicted molar refractivity (Wildman–Crippen MR) is 120 cm³/mol. The predicted octanol–water partition coefficient (Wildman–Crippen LogP) is 4.69. The minimum Gasteiger partial charge on any atom is -0.480 e. The molecule has 166 valence electrons. The first kappa shape index (κ1) is 24.8. The first-order valence-corrected chi connectivity index (χ1v) is 10.5. The Labute approximate surface area is 195 Å². The molecule has 0 heterocycles. The Morgan fingerprint density at radius 1 is 0.935 bits per heavy atom. The molecule has 0 aliphatic rings. The summed E-state index contributed by atoms with van der Waals surface area (Å²) in [4.78, 5) is 38.0. The van der Waals surface area contributed by atoms with Gasteiger partial charge >= 0.3 is 5.97 Å². The van der Waals surface area contributed by atoms with E-state index in [4.69, 9.17) is 44.3 Å². The molecule has 0 unspecified atom stereocenters. The number of halogens is 3. The first-order valence-electron chi connectivity index (χ1n) is 9.37. The van der Waals surface area contributed by atoms with Crippen molar-refractivity contribution >= 4 is 58.3 Å². The van der Waals surface area contributed by atoms with E-state index in [2.05, 4.69) is 5.32 Å². The number of benzene rings is 2. The van der Waals surface area contributed by atoms with Crippen LogP contribution in [0.25, 0.3) is 0 Å². The zero-order valence-electron chi connectivity index (χ0n) is 16.9. The fourth-order valence-electron chi connectivity index (χ4n) is 2.56. The third kappa shape index (κ3) is 7.31. The topological polar surface area (TPSA) is 84.9 Å². The van der Waals surface area contributed by atoms with Gasteiger partial charge in [-0.2, -0.15) is 0 Å². The van der Waals surface area contributed by atoms with Crippen LogP contribution in [0, 0.1) is 0 Å². The number of nitrogens with one attached hydrogen (secondary N) is 1. The Balaban J connectivity index is 1.85. The van der Waals surface area contributed by atoms with E-state index in [0.717, 1.165) is 0 Å². The molecule has 0 radical (unpaired) electrons. The van der Waals surface area contributed by atoms with Crippen LogP contribution >= 0.6 is 34.8 Å². The quantitative estimate of drug-likeness (QED) is 0.410. The summed E-state index contributed by atoms with van der Waals surface area (Å²) in [5.41, 5.74) is 0.864. The third-order valence-corrected chi connectivity index (χ3v) is 5.15. The molecule has 0 aliphatic heterocycles. The molecular formula is C21H21Cl3N2O5. The van der Waals surface area contributed by atoms with Crippen LogP contribution in [-0.2, 0) is 14.3 Å². The maximum absolute atomic E-state index is 12.4. The number of esters is 1. The van der Waals surface area contributed by atoms with Crippen LogP contribution < -0.4 is 10.1 Å². The second kappa shape index (κ2) is 11.8. The summed E-state index contributed by atoms with van der Waals surface area (Å²) in [5, 5.41) is 3.23. The molecule has 0 saturated carbocycles. The van der Waals surface area contributed by atoms with E-state index in [0.29, 0.717) is 24.3 Å². The molecule has 0 atom stereocenters. The fourth-order valence-corrected chi connectivity index (χ4v) is 3.15. The van der Waals surface area contributed by atoms with E-state index in [9.17, 15) is 14.4 Å². The van der Waals surface area contributed by atoms with Gasteiger partial charge in [0, 0.05) is 30.4 Å². The van der Waals surface area contributed by atoms with Gasteiger partial charge in [0.2, 0.25) is 0 Å². The number of ether oxygens (including phenoxy) is 2. The Hall–Kier alpha value is -2.48. The highest BCUT2D eigenvalue weighted by Gasteiger charge is 2.15. The molecule has 0 fully saturated rings. The number of carbonyl (C=O) groups is 3. The largest absolute Gasteiger partial charge is 0.480 e. The fraction of sp³-hybridized carbons (Fsp3) is 0.286. The van der Waals surface area contributed by atoms with Crippen molar-refractivity contribution in [1.82, 2.24) is 4.90 Å². The number of carbonyl (C=O) groups excluding carboxylic acids is 3. The average molecular weight is 488 g/mol. The SMILES string of the molecule is CCN(CC)C(=O)c1cccc(NC(=O)COC(=O)COc2cc(Cl)c(Cl)cc2Cl)c1. The van der Waals surface area contributed by atoms with E-state index in [1.54, 1.807) is 29.2 Å². The molecule has 0 aromatic heterocycles. The minimum absolute atomic E-state index is 0.134. The smallest absolute Gasteiger partial charge is 0.344 e. The van der Waals surface area contributed by atoms with Crippen LogP contribution in [0.4, 0.5) is 5.69 Å². The average Bonchev–Trinajstić information content (AvgIpc) is 2.74. The van der Waals surface area contributed by atoms with Gasteiger partial charge in [-0.1, -0.05) is 40.9 Å². The molecule has 2 aromatic carbocycles. The van der Waals surface area contributed by atoms with Crippen LogP contribution in [0.15, 0.2) is 36.4 Å². The number of anilines is 1. The van der Waals surface area contributed by atoms with Crippen molar-refractivity contribution in [2.45, 2.75) is 13.8 Å². The second-order valence-electron chi connectivity index (χ2n) is 6.25. The van der Waals surface area contributed by atoms with Gasteiger partial charge < -0.3 is 19.7 Å². The Morgan fingerprint density at radius 2 is 1.61 bits per heavy atom. The monoisotopic (exact) mass is 486 g/mol. The van der Waals surface area contributed by atoms with Gasteiger partial charge in [-0.25, -0.2) is 4.79 Å². The highest BCUT2D eigenvalue weighted by Crippen LogP contribution is 2.33. The van der Waals surface area contributed by atoms with Crippen molar-refractivity contribution in [3.63, 3.8) is 0 Å². The van der Waals surface area contributed by atoms with Gasteiger partial charge in [-0.15, -0.1) is 0 Å². The van der Waals surface area contributed by atoms with E-state index in [1.165, 1.54) is 12.1 Å². The summed E-state index contributed by atoms with van der Waals surface area (Å²) < 4.78 is 10.1. The molecule has 7 nitrogen and oxygen atoms in total. The lowest BCUT2D eigenvalue weighted by atomic mass is 10.1. The van der Waals surface area contributed by atoms with Crippen molar-refractivity contribution < 1.29 is 23.9 Å². The lowest BCUT2D eigenvalue weighted by Gasteiger charge is -2.19. The molecule has 2 amide bonds. The van der Waals surface area contributed by atoms with Crippen molar-refractivity contribution in [3.05, 3.63) is 57.0 Å². The van der Waals surface area contributed by atoms with Crippen LogP contribution in [0.3, 0.4) is 0 Å². The second-order valence-corrected chi connectivity index (χ2v) is 7.47. The van der Waals surface area contributed by atoms with E-state index < -0.39 is 25.1 Å². The number of rotatable bonds is 9. The number of nitrogens with zero attached hydrogens (tertiary/aromatic N) is 1. The Morgan fingerprint density at radius 3 is 2.29 bits per heavy atom. The van der Waals surface area contributed by atoms with E-state index in [1.807, 2.05) is 13.8 Å². The summed E-state index contributed by atoms with van der Waals surface area (Å²) in [6.07, 6.45) is 0. The van der Waals surface area contributed by atoms with E-state index >= 15 is 0 Å². The van der Waals surface area contributed by atoms with Gasteiger partial charge in [-0.05, 0) is 38.1 Å². The summed E-state index contributed by atoms with van der Waals surface area (Å²) in [7, 11) is 0. The normalized spacial score (nSPS) is 10.4. The summed E-state index contributed by atoms with van der Waals surface area (Å²) in [6.45, 7) is 3.94. The molecule has 1 N–H and O–H groups in total. The van der Waals surface area contributed by atoms with Crippen LogP contribution in [0.5, 0.6) is 5.75 Å². The van der Waals surface area contributed by atoms with Crippen molar-refractivity contribution in [2.24, 2.45) is 0 Å². The van der Waals surface area contributed by atoms with Gasteiger partial charge in [-0.3, -0.25) is 9.59 Å². The maximum Gasteiger partial charge on any atom is 0.344 e. The Bertz CT molecular complexity index is 964. The first-order chi connectivity index (χ1) is 14.7. The van der Waals surface area contributed by atoms with Crippen molar-refractivity contribution in [1.29, 1.82) is 0 Å². The number of hydrogen-bond donors (Lipinski definition) is 1. The van der Waals surface area contributed by atoms with Crippen molar-refractivity contribution in [3.8, 4) is 5.75 Å². The van der Waals surface area contributed by atoms with E-state index in [-0.39, 0.29) is 26.7 Å². The summed E-state index contributed by atoms with van der Waals surface area (Å²) in [6, 6.07) is 9.29. The summed E-state index contributed by atoms with van der Waals surface area (Å²) in [5.74, 6) is -1.31. The highest BCUT2D eigenvalue weighted by atomic mass is 35.5. The van der Waals surface area contributed by atoms with Gasteiger partial charge in [0.05, 0.1) is 15.1 Å². The van der Waals surface area contributed by atoms with Crippen LogP contribution in [0.1, 0.15) is 24.2 Å². The Kier molecular flexibility index (Phi) is 9.43. The molecule has 0 saturated heterocycles. The van der Waals surface area contributed by atoms with Crippen LogP contribution in [-0.4, -0.2) is 49.0 Å². The molecule has 2 aromatic rings. The lowest BCUT2D eigenvalue weighted by molar-refractivity contribution is -0.149. The zero-order valence-corrected chi connectivity index (χ0v) is 19.2. The molecular weight excluding hydrogens is 467 g/mol. The molecule has 0 spiro atoms. The molecule has 31 heavy (non-hydrogen) atoms. The number of hydrogen-bond acceptors (Lipinski definition) is 5. The minimum atomic E-state index is -0.775. The molecule has 2 rings (SSSR count). The third-order valence-electron chi connectivity index (χ3n) is 4.13. The molecule has 0 bridgehead atoms. The molecule has 10 heteroatoms. The van der Waals surface area contributed by atoms with Gasteiger partial charge in [0.15, 0.2) is 13.2 Å². The standard InChI is InChI=1S/C21H21Cl3N2O5/c1-3-26(4-2)21(29)13-6-5-7-14(8-13)25-19(27)11-31-20(28)12-30-18-10-16(23)15(22)9-17(18)24/h5-10H,3-4,11-12H2,1-2H3,(H,25,27). The van der Waals surface area contributed by atoms with Gasteiger partial charge in [0.25, 0.3) is 11.8 Å². The zero-order chi connectivity index (χ0) is 23.0. The highest BCUT2D eigenvalue weighted by molar-refractivity contribution is 6.43. The van der Waals surface area contributed by atoms with Crippen molar-refractivity contribution in [2.75, 3.05) is 31.6 Å². The van der Waals surface area contributed by atoms with Crippen LogP contribution in [0.2, 0.25) is 15.1 Å². The lowest BCUT2D eigenvalue weighted by Crippen LogP contribution is -2.30. The number of amides is 2. The van der Waals surface area contributed by atoms with Gasteiger partial charge in [0.1, 0.15) is 5.75 Å². The maximum atomic E-state index is 12.4.